The summed E-state index contributed by atoms with van der Waals surface area (Å²) in [5.41, 5.74) is 0. The molecule has 0 aromatic carbocycles. The average molecular weight is 226 g/mol. The van der Waals surface area contributed by atoms with Crippen LogP contribution in [0.4, 0.5) is 8.78 Å². The van der Waals surface area contributed by atoms with Gasteiger partial charge in [-0.25, -0.2) is 8.78 Å². The topological polar surface area (TPSA) is 20.3 Å². The summed E-state index contributed by atoms with van der Waals surface area (Å²) in [6, 6.07) is 0. The molecule has 0 aromatic rings. The highest BCUT2D eigenvalue weighted by atomic mass is 35.5. The van der Waals surface area contributed by atoms with Crippen molar-refractivity contribution in [2.24, 2.45) is 11.8 Å². The number of carbonyl (C=O) groups excluding carboxylic acids is 1. The van der Waals surface area contributed by atoms with E-state index in [2.05, 4.69) is 0 Å². The van der Waals surface area contributed by atoms with Gasteiger partial charge in [0.15, 0.2) is 0 Å². The van der Waals surface area contributed by atoms with Gasteiger partial charge in [-0.15, -0.1) is 11.6 Å². The second-order valence-corrected chi connectivity index (χ2v) is 4.06. The van der Waals surface area contributed by atoms with Crippen molar-refractivity contribution in [1.82, 2.24) is 4.90 Å². The molecule has 0 N–H and O–H groups in total. The largest absolute Gasteiger partial charge is 0.336 e. The molecule has 2 atom stereocenters. The van der Waals surface area contributed by atoms with Crippen LogP contribution < -0.4 is 0 Å². The molecule has 14 heavy (non-hydrogen) atoms. The summed E-state index contributed by atoms with van der Waals surface area (Å²) in [5.74, 6) is 0.341. The Labute approximate surface area is 87.2 Å². The van der Waals surface area contributed by atoms with E-state index in [1.165, 1.54) is 4.90 Å². The SMILES string of the molecule is CC1CC1C(=O)N(CCCl)CC(F)F. The summed E-state index contributed by atoms with van der Waals surface area (Å²) in [6.07, 6.45) is -1.66. The molecule has 5 heteroatoms. The Bertz CT molecular complexity index is 213. The van der Waals surface area contributed by atoms with Gasteiger partial charge in [-0.05, 0) is 12.3 Å². The van der Waals surface area contributed by atoms with Crippen molar-refractivity contribution in [2.45, 2.75) is 19.8 Å². The van der Waals surface area contributed by atoms with Crippen LogP contribution in [0.1, 0.15) is 13.3 Å². The lowest BCUT2D eigenvalue weighted by molar-refractivity contribution is -0.134. The van der Waals surface area contributed by atoms with E-state index < -0.39 is 13.0 Å². The molecule has 1 fully saturated rings. The number of nitrogens with zero attached hydrogens (tertiary/aromatic N) is 1. The van der Waals surface area contributed by atoms with Crippen LogP contribution in [0.2, 0.25) is 0 Å². The monoisotopic (exact) mass is 225 g/mol. The lowest BCUT2D eigenvalue weighted by atomic mass is 10.3. The van der Waals surface area contributed by atoms with Crippen LogP contribution in [-0.4, -0.2) is 36.2 Å². The van der Waals surface area contributed by atoms with Crippen LogP contribution in [0.5, 0.6) is 0 Å². The van der Waals surface area contributed by atoms with Gasteiger partial charge < -0.3 is 4.90 Å². The normalized spacial score (nSPS) is 25.2. The first-order valence-corrected chi connectivity index (χ1v) is 5.22. The molecule has 82 valence electrons. The molecule has 0 saturated heterocycles. The summed E-state index contributed by atoms with van der Waals surface area (Å²) in [5, 5.41) is 0. The maximum absolute atomic E-state index is 12.1. The van der Waals surface area contributed by atoms with Gasteiger partial charge >= 0.3 is 0 Å². The Morgan fingerprint density at radius 3 is 2.57 bits per heavy atom. The number of hydrogen-bond acceptors (Lipinski definition) is 1. The van der Waals surface area contributed by atoms with Crippen LogP contribution >= 0.6 is 11.6 Å². The molecule has 1 aliphatic rings. The second-order valence-electron chi connectivity index (χ2n) is 3.68. The van der Waals surface area contributed by atoms with Crippen molar-refractivity contribution in [3.05, 3.63) is 0 Å². The van der Waals surface area contributed by atoms with Gasteiger partial charge in [0.05, 0.1) is 6.54 Å². The van der Waals surface area contributed by atoms with E-state index in [1.807, 2.05) is 6.92 Å². The Morgan fingerprint density at radius 1 is 1.64 bits per heavy atom. The summed E-state index contributed by atoms with van der Waals surface area (Å²) in [6.45, 7) is 1.67. The predicted molar refractivity (Wildman–Crippen MR) is 50.6 cm³/mol. The zero-order chi connectivity index (χ0) is 10.7. The first-order valence-electron chi connectivity index (χ1n) is 4.69. The van der Waals surface area contributed by atoms with Crippen molar-refractivity contribution in [3.63, 3.8) is 0 Å². The molecular formula is C9H14ClF2NO. The van der Waals surface area contributed by atoms with E-state index in [4.69, 9.17) is 11.6 Å². The van der Waals surface area contributed by atoms with Crippen LogP contribution in [0.3, 0.4) is 0 Å². The number of carbonyl (C=O) groups is 1. The molecule has 0 bridgehead atoms. The van der Waals surface area contributed by atoms with Crippen molar-refractivity contribution in [3.8, 4) is 0 Å². The van der Waals surface area contributed by atoms with E-state index in [1.54, 1.807) is 0 Å². The summed E-state index contributed by atoms with van der Waals surface area (Å²) in [4.78, 5) is 12.7. The summed E-state index contributed by atoms with van der Waals surface area (Å²) >= 11 is 5.45. The van der Waals surface area contributed by atoms with Gasteiger partial charge in [-0.3, -0.25) is 4.79 Å². The van der Waals surface area contributed by atoms with E-state index in [0.717, 1.165) is 6.42 Å². The quantitative estimate of drug-likeness (QED) is 0.656. The molecule has 1 amide bonds. The maximum Gasteiger partial charge on any atom is 0.255 e. The fraction of sp³-hybridized carbons (Fsp3) is 0.889. The average Bonchev–Trinajstić information content (AvgIpc) is 2.80. The summed E-state index contributed by atoms with van der Waals surface area (Å²) < 4.78 is 24.2. The molecule has 1 saturated carbocycles. The minimum atomic E-state index is -2.48. The first kappa shape index (κ1) is 11.7. The lowest BCUT2D eigenvalue weighted by Gasteiger charge is -2.21. The fourth-order valence-corrected chi connectivity index (χ4v) is 1.66. The lowest BCUT2D eigenvalue weighted by Crippen LogP contribution is -2.37. The van der Waals surface area contributed by atoms with Gasteiger partial charge in [0, 0.05) is 18.3 Å². The Morgan fingerprint density at radius 2 is 2.21 bits per heavy atom. The molecule has 2 unspecified atom stereocenters. The molecule has 0 radical (unpaired) electrons. The minimum Gasteiger partial charge on any atom is -0.336 e. The number of alkyl halides is 3. The van der Waals surface area contributed by atoms with Gasteiger partial charge in [0.1, 0.15) is 0 Å². The van der Waals surface area contributed by atoms with Crippen molar-refractivity contribution < 1.29 is 13.6 Å². The van der Waals surface area contributed by atoms with Gasteiger partial charge in [0.25, 0.3) is 6.43 Å². The third-order valence-corrected chi connectivity index (χ3v) is 2.62. The second kappa shape index (κ2) is 4.91. The number of rotatable bonds is 5. The number of halogens is 3. The van der Waals surface area contributed by atoms with E-state index in [9.17, 15) is 13.6 Å². The summed E-state index contributed by atoms with van der Waals surface area (Å²) in [7, 11) is 0. The third-order valence-electron chi connectivity index (χ3n) is 2.45. The molecular weight excluding hydrogens is 212 g/mol. The van der Waals surface area contributed by atoms with Gasteiger partial charge in [0.2, 0.25) is 5.91 Å². The molecule has 0 heterocycles. The highest BCUT2D eigenvalue weighted by molar-refractivity contribution is 6.18. The smallest absolute Gasteiger partial charge is 0.255 e. The van der Waals surface area contributed by atoms with E-state index >= 15 is 0 Å². The Balaban J connectivity index is 2.44. The minimum absolute atomic E-state index is 0.0445. The van der Waals surface area contributed by atoms with E-state index in [-0.39, 0.29) is 24.2 Å². The van der Waals surface area contributed by atoms with Crippen LogP contribution in [-0.2, 0) is 4.79 Å². The highest BCUT2D eigenvalue weighted by Gasteiger charge is 2.41. The van der Waals surface area contributed by atoms with Gasteiger partial charge in [-0.1, -0.05) is 6.92 Å². The number of amides is 1. The predicted octanol–water partition coefficient (Wildman–Crippen LogP) is 1.97. The van der Waals surface area contributed by atoms with E-state index in [0.29, 0.717) is 5.92 Å². The standard InChI is InChI=1S/C9H14ClF2NO/c1-6-4-7(6)9(14)13(3-2-10)5-8(11)12/h6-8H,2-5H2,1H3. The molecule has 0 aromatic heterocycles. The van der Waals surface area contributed by atoms with Crippen LogP contribution in [0.25, 0.3) is 0 Å². The molecule has 1 rings (SSSR count). The number of hydrogen-bond donors (Lipinski definition) is 0. The zero-order valence-electron chi connectivity index (χ0n) is 8.05. The third kappa shape index (κ3) is 3.08. The van der Waals surface area contributed by atoms with Crippen molar-refractivity contribution >= 4 is 17.5 Å². The van der Waals surface area contributed by atoms with Crippen LogP contribution in [0, 0.1) is 11.8 Å². The van der Waals surface area contributed by atoms with Crippen molar-refractivity contribution in [2.75, 3.05) is 19.0 Å². The molecule has 2 nitrogen and oxygen atoms in total. The van der Waals surface area contributed by atoms with Gasteiger partial charge in [-0.2, -0.15) is 0 Å². The van der Waals surface area contributed by atoms with Crippen LogP contribution in [0.15, 0.2) is 0 Å². The van der Waals surface area contributed by atoms with Crippen molar-refractivity contribution in [1.29, 1.82) is 0 Å². The Hall–Kier alpha value is -0.380. The zero-order valence-corrected chi connectivity index (χ0v) is 8.81. The molecule has 1 aliphatic carbocycles. The fourth-order valence-electron chi connectivity index (χ4n) is 1.46. The molecule has 0 aliphatic heterocycles. The Kier molecular flexibility index (Phi) is 4.11. The first-order chi connectivity index (χ1) is 6.56. The molecule has 0 spiro atoms. The maximum atomic E-state index is 12.1. The highest BCUT2D eigenvalue weighted by Crippen LogP contribution is 2.39.